The van der Waals surface area contributed by atoms with Gasteiger partial charge in [0.25, 0.3) is 0 Å². The Kier molecular flexibility index (Phi) is 2.09. The lowest BCUT2D eigenvalue weighted by Crippen LogP contribution is -2.50. The molecular weight excluding hydrogens is 190 g/mol. The molecule has 0 amide bonds. The highest BCUT2D eigenvalue weighted by Gasteiger charge is 2.32. The second-order valence-corrected chi connectivity index (χ2v) is 5.39. The lowest BCUT2D eigenvalue weighted by atomic mass is 10.3. The van der Waals surface area contributed by atoms with Gasteiger partial charge in [0, 0.05) is 24.5 Å². The van der Waals surface area contributed by atoms with Gasteiger partial charge in [0.2, 0.25) is 0 Å². The summed E-state index contributed by atoms with van der Waals surface area (Å²) in [6, 6.07) is 1.98. The smallest absolute Gasteiger partial charge is 0.153 e. The number of aromatic nitrogens is 2. The van der Waals surface area contributed by atoms with Gasteiger partial charge in [-0.15, -0.1) is 0 Å². The molecule has 0 aromatic carbocycles. The van der Waals surface area contributed by atoms with Crippen molar-refractivity contribution in [1.29, 1.82) is 0 Å². The van der Waals surface area contributed by atoms with Gasteiger partial charge in [-0.2, -0.15) is 5.10 Å². The number of aromatic amines is 1. The SMILES string of the molecule is O=S1(=O)CC(NCc2ccn[nH]2)C1. The minimum absolute atomic E-state index is 0.119. The molecule has 2 rings (SSSR count). The summed E-state index contributed by atoms with van der Waals surface area (Å²) in [5, 5.41) is 9.72. The Morgan fingerprint density at radius 2 is 2.38 bits per heavy atom. The summed E-state index contributed by atoms with van der Waals surface area (Å²) < 4.78 is 21.6. The Labute approximate surface area is 76.5 Å². The van der Waals surface area contributed by atoms with Gasteiger partial charge >= 0.3 is 0 Å². The zero-order chi connectivity index (χ0) is 9.31. The van der Waals surface area contributed by atoms with Gasteiger partial charge in [-0.05, 0) is 6.07 Å². The first-order valence-corrected chi connectivity index (χ1v) is 5.90. The van der Waals surface area contributed by atoms with Crippen LogP contribution in [0.3, 0.4) is 0 Å². The van der Waals surface area contributed by atoms with Crippen molar-refractivity contribution in [3.05, 3.63) is 18.0 Å². The highest BCUT2D eigenvalue weighted by Crippen LogP contribution is 2.10. The van der Waals surface area contributed by atoms with Gasteiger partial charge < -0.3 is 5.32 Å². The minimum Gasteiger partial charge on any atom is -0.306 e. The molecule has 0 unspecified atom stereocenters. The zero-order valence-electron chi connectivity index (χ0n) is 7.03. The van der Waals surface area contributed by atoms with Crippen LogP contribution < -0.4 is 5.32 Å². The van der Waals surface area contributed by atoms with Gasteiger partial charge in [-0.25, -0.2) is 8.42 Å². The Bertz CT molecular complexity index is 358. The standard InChI is InChI=1S/C7H11N3O2S/c11-13(12)4-7(5-13)8-3-6-1-2-9-10-6/h1-2,7-8H,3-5H2,(H,9,10). The molecule has 1 saturated heterocycles. The van der Waals surface area contributed by atoms with E-state index in [1.165, 1.54) is 0 Å². The number of hydrogen-bond acceptors (Lipinski definition) is 4. The first-order chi connectivity index (χ1) is 6.16. The summed E-state index contributed by atoms with van der Waals surface area (Å²) in [4.78, 5) is 0. The number of H-pyrrole nitrogens is 1. The molecule has 0 spiro atoms. The van der Waals surface area contributed by atoms with Crippen LogP contribution in [0, 0.1) is 0 Å². The second kappa shape index (κ2) is 3.12. The van der Waals surface area contributed by atoms with E-state index in [4.69, 9.17) is 0 Å². The number of nitrogens with zero attached hydrogens (tertiary/aromatic N) is 1. The normalized spacial score (nSPS) is 21.2. The fourth-order valence-corrected chi connectivity index (χ4v) is 2.68. The maximum absolute atomic E-state index is 10.8. The van der Waals surface area contributed by atoms with Crippen LogP contribution in [0.4, 0.5) is 0 Å². The van der Waals surface area contributed by atoms with Crippen molar-refractivity contribution in [3.8, 4) is 0 Å². The topological polar surface area (TPSA) is 74.8 Å². The van der Waals surface area contributed by atoms with Crippen LogP contribution in [-0.2, 0) is 16.4 Å². The van der Waals surface area contributed by atoms with Crippen LogP contribution in [0.15, 0.2) is 12.3 Å². The Balaban J connectivity index is 1.77. The maximum atomic E-state index is 10.8. The minimum atomic E-state index is -2.71. The van der Waals surface area contributed by atoms with Crippen molar-refractivity contribution in [1.82, 2.24) is 15.5 Å². The molecule has 1 aromatic rings. The molecule has 2 heterocycles. The van der Waals surface area contributed by atoms with E-state index in [1.807, 2.05) is 6.07 Å². The molecule has 0 radical (unpaired) electrons. The molecule has 1 aliphatic rings. The van der Waals surface area contributed by atoms with Crippen LogP contribution >= 0.6 is 0 Å². The lowest BCUT2D eigenvalue weighted by molar-refractivity contribution is 0.509. The van der Waals surface area contributed by atoms with Crippen LogP contribution in [0.5, 0.6) is 0 Å². The Hall–Kier alpha value is -0.880. The summed E-state index contributed by atoms with van der Waals surface area (Å²) in [5.74, 6) is 0.530. The average molecular weight is 201 g/mol. The van der Waals surface area contributed by atoms with E-state index in [-0.39, 0.29) is 17.5 Å². The molecule has 0 saturated carbocycles. The van der Waals surface area contributed by atoms with Gasteiger partial charge in [0.05, 0.1) is 11.5 Å². The predicted octanol–water partition coefficient (Wildman–Crippen LogP) is -0.704. The van der Waals surface area contributed by atoms with Crippen LogP contribution in [0.25, 0.3) is 0 Å². The van der Waals surface area contributed by atoms with Crippen molar-refractivity contribution in [2.45, 2.75) is 12.6 Å². The molecule has 6 heteroatoms. The first-order valence-electron chi connectivity index (χ1n) is 4.08. The van der Waals surface area contributed by atoms with Gasteiger partial charge in [-0.3, -0.25) is 5.10 Å². The summed E-state index contributed by atoms with van der Waals surface area (Å²) in [7, 11) is -2.71. The first kappa shape index (κ1) is 8.71. The van der Waals surface area contributed by atoms with E-state index in [0.717, 1.165) is 5.69 Å². The van der Waals surface area contributed by atoms with E-state index in [1.54, 1.807) is 6.20 Å². The molecule has 1 fully saturated rings. The zero-order valence-corrected chi connectivity index (χ0v) is 7.84. The molecule has 5 nitrogen and oxygen atoms in total. The summed E-state index contributed by atoms with van der Waals surface area (Å²) in [6.45, 7) is 0.653. The molecule has 1 aliphatic heterocycles. The van der Waals surface area contributed by atoms with E-state index >= 15 is 0 Å². The van der Waals surface area contributed by atoms with Crippen LogP contribution in [0.2, 0.25) is 0 Å². The third-order valence-electron chi connectivity index (χ3n) is 2.05. The highest BCUT2D eigenvalue weighted by molar-refractivity contribution is 7.92. The van der Waals surface area contributed by atoms with Crippen molar-refractivity contribution in [2.75, 3.05) is 11.5 Å². The molecule has 0 bridgehead atoms. The van der Waals surface area contributed by atoms with Crippen molar-refractivity contribution in [3.63, 3.8) is 0 Å². The number of nitrogens with one attached hydrogen (secondary N) is 2. The van der Waals surface area contributed by atoms with E-state index in [9.17, 15) is 8.42 Å². The highest BCUT2D eigenvalue weighted by atomic mass is 32.2. The molecule has 2 N–H and O–H groups in total. The molecule has 0 atom stereocenters. The summed E-state index contributed by atoms with van der Waals surface area (Å²) in [6.07, 6.45) is 1.68. The van der Waals surface area contributed by atoms with Gasteiger partial charge in [-0.1, -0.05) is 0 Å². The monoisotopic (exact) mass is 201 g/mol. The lowest BCUT2D eigenvalue weighted by Gasteiger charge is -2.26. The van der Waals surface area contributed by atoms with Crippen molar-refractivity contribution >= 4 is 9.84 Å². The number of hydrogen-bond donors (Lipinski definition) is 2. The quantitative estimate of drug-likeness (QED) is 0.678. The summed E-state index contributed by atoms with van der Waals surface area (Å²) in [5.41, 5.74) is 0.976. The van der Waals surface area contributed by atoms with Crippen molar-refractivity contribution < 1.29 is 8.42 Å². The largest absolute Gasteiger partial charge is 0.306 e. The number of sulfone groups is 1. The fourth-order valence-electron chi connectivity index (χ4n) is 1.32. The van der Waals surface area contributed by atoms with Crippen molar-refractivity contribution in [2.24, 2.45) is 0 Å². The second-order valence-electron chi connectivity index (χ2n) is 3.24. The van der Waals surface area contributed by atoms with Gasteiger partial charge in [0.1, 0.15) is 0 Å². The molecule has 13 heavy (non-hydrogen) atoms. The Morgan fingerprint density at radius 1 is 1.62 bits per heavy atom. The van der Waals surface area contributed by atoms with Crippen LogP contribution in [-0.4, -0.2) is 36.2 Å². The third kappa shape index (κ3) is 2.07. The fraction of sp³-hybridized carbons (Fsp3) is 0.571. The molecule has 72 valence electrons. The van der Waals surface area contributed by atoms with E-state index in [0.29, 0.717) is 6.54 Å². The molecule has 0 aliphatic carbocycles. The average Bonchev–Trinajstić information content (AvgIpc) is 2.48. The Morgan fingerprint density at radius 3 is 2.92 bits per heavy atom. The van der Waals surface area contributed by atoms with Gasteiger partial charge in [0.15, 0.2) is 9.84 Å². The third-order valence-corrected chi connectivity index (χ3v) is 3.87. The van der Waals surface area contributed by atoms with Crippen LogP contribution in [0.1, 0.15) is 5.69 Å². The predicted molar refractivity (Wildman–Crippen MR) is 47.9 cm³/mol. The maximum Gasteiger partial charge on any atom is 0.153 e. The van der Waals surface area contributed by atoms with E-state index < -0.39 is 9.84 Å². The molecule has 1 aromatic heterocycles. The molecular formula is C7H11N3O2S. The number of rotatable bonds is 3. The summed E-state index contributed by atoms with van der Waals surface area (Å²) >= 11 is 0. The van der Waals surface area contributed by atoms with E-state index in [2.05, 4.69) is 15.5 Å².